The largest absolute Gasteiger partial charge is 0.492 e. The van der Waals surface area contributed by atoms with Gasteiger partial charge < -0.3 is 15.0 Å². The fourth-order valence-corrected chi connectivity index (χ4v) is 3.68. The van der Waals surface area contributed by atoms with E-state index in [4.69, 9.17) is 27.9 Å². The number of benzene rings is 1. The van der Waals surface area contributed by atoms with Crippen LogP contribution in [0.15, 0.2) is 18.2 Å². The highest BCUT2D eigenvalue weighted by Gasteiger charge is 2.37. The van der Waals surface area contributed by atoms with Crippen molar-refractivity contribution in [3.63, 3.8) is 0 Å². The van der Waals surface area contributed by atoms with Crippen LogP contribution in [0.4, 0.5) is 0 Å². The van der Waals surface area contributed by atoms with Gasteiger partial charge in [-0.3, -0.25) is 4.79 Å². The summed E-state index contributed by atoms with van der Waals surface area (Å²) < 4.78 is 5.61. The van der Waals surface area contributed by atoms with Crippen molar-refractivity contribution < 1.29 is 9.53 Å². The first-order valence-corrected chi connectivity index (χ1v) is 8.45. The number of carbonyl (C=O) groups is 1. The monoisotopic (exact) mass is 378 g/mol. The second kappa shape index (κ2) is 8.43. The number of nitrogens with zero attached hydrogens (tertiary/aromatic N) is 1. The van der Waals surface area contributed by atoms with Gasteiger partial charge in [0, 0.05) is 37.6 Å². The Bertz CT molecular complexity index is 544. The molecule has 0 bridgehead atoms. The van der Waals surface area contributed by atoms with Crippen LogP contribution in [0.3, 0.4) is 0 Å². The van der Waals surface area contributed by atoms with E-state index < -0.39 is 0 Å². The van der Waals surface area contributed by atoms with Crippen LogP contribution in [0, 0.1) is 11.8 Å². The maximum Gasteiger partial charge on any atom is 0.222 e. The lowest BCUT2D eigenvalue weighted by atomic mass is 10.0. The van der Waals surface area contributed by atoms with Crippen molar-refractivity contribution in [3.8, 4) is 5.75 Å². The Kier molecular flexibility index (Phi) is 6.84. The highest BCUT2D eigenvalue weighted by molar-refractivity contribution is 6.35. The van der Waals surface area contributed by atoms with Gasteiger partial charge in [-0.25, -0.2) is 0 Å². The molecule has 2 atom stereocenters. The summed E-state index contributed by atoms with van der Waals surface area (Å²) in [6.07, 6.45) is 1.22. The summed E-state index contributed by atoms with van der Waals surface area (Å²) in [5, 5.41) is 4.47. The second-order valence-electron chi connectivity index (χ2n) is 6.00. The van der Waals surface area contributed by atoms with Crippen molar-refractivity contribution in [2.45, 2.75) is 12.8 Å². The molecule has 0 saturated carbocycles. The van der Waals surface area contributed by atoms with Crippen molar-refractivity contribution in [3.05, 3.63) is 28.2 Å². The summed E-state index contributed by atoms with van der Waals surface area (Å²) in [5.74, 6) is 2.14. The molecular weight excluding hydrogens is 359 g/mol. The van der Waals surface area contributed by atoms with Crippen LogP contribution < -0.4 is 10.1 Å². The molecule has 1 amide bonds. The third-order valence-electron chi connectivity index (χ3n) is 4.43. The van der Waals surface area contributed by atoms with Gasteiger partial charge in [0.05, 0.1) is 11.6 Å². The van der Waals surface area contributed by atoms with Crippen molar-refractivity contribution in [1.29, 1.82) is 0 Å². The van der Waals surface area contributed by atoms with Crippen LogP contribution in [-0.4, -0.2) is 43.6 Å². The standard InChI is InChI=1S/C16H20Cl2N2O2.ClH/c17-13-3-4-15(14(18)6-13)22-5-1-2-16(21)20-9-11-7-19-8-12(11)10-20;/h3-4,6,11-12,19H,1-2,5,7-10H2;1H/t11-,12+;. The predicted octanol–water partition coefficient (Wildman–Crippen LogP) is 3.25. The number of amides is 1. The number of ether oxygens (including phenoxy) is 1. The van der Waals surface area contributed by atoms with Gasteiger partial charge in [0.25, 0.3) is 0 Å². The second-order valence-corrected chi connectivity index (χ2v) is 6.85. The molecule has 128 valence electrons. The summed E-state index contributed by atoms with van der Waals surface area (Å²) >= 11 is 11.9. The van der Waals surface area contributed by atoms with E-state index in [9.17, 15) is 4.79 Å². The molecule has 4 nitrogen and oxygen atoms in total. The van der Waals surface area contributed by atoms with E-state index in [1.165, 1.54) is 0 Å². The summed E-state index contributed by atoms with van der Waals surface area (Å²) in [4.78, 5) is 14.2. The molecule has 1 aromatic carbocycles. The van der Waals surface area contributed by atoms with E-state index in [0.717, 1.165) is 26.2 Å². The van der Waals surface area contributed by atoms with Crippen LogP contribution >= 0.6 is 35.6 Å². The van der Waals surface area contributed by atoms with Crippen molar-refractivity contribution in [1.82, 2.24) is 10.2 Å². The molecule has 2 saturated heterocycles. The Morgan fingerprint density at radius 1 is 1.26 bits per heavy atom. The van der Waals surface area contributed by atoms with E-state index in [1.807, 2.05) is 4.90 Å². The molecule has 0 unspecified atom stereocenters. The lowest BCUT2D eigenvalue weighted by Crippen LogP contribution is -2.31. The highest BCUT2D eigenvalue weighted by Crippen LogP contribution is 2.28. The minimum atomic E-state index is 0. The molecule has 3 rings (SSSR count). The first-order valence-electron chi connectivity index (χ1n) is 7.70. The van der Waals surface area contributed by atoms with Gasteiger partial charge in [0.2, 0.25) is 5.91 Å². The first kappa shape index (κ1) is 18.7. The molecule has 2 fully saturated rings. The summed E-state index contributed by atoms with van der Waals surface area (Å²) in [6.45, 7) is 4.38. The molecule has 23 heavy (non-hydrogen) atoms. The van der Waals surface area contributed by atoms with Crippen LogP contribution in [0.1, 0.15) is 12.8 Å². The van der Waals surface area contributed by atoms with Gasteiger partial charge in [-0.15, -0.1) is 12.4 Å². The van der Waals surface area contributed by atoms with Gasteiger partial charge in [-0.05, 0) is 36.5 Å². The summed E-state index contributed by atoms with van der Waals surface area (Å²) in [5.41, 5.74) is 0. The van der Waals surface area contributed by atoms with Crippen molar-refractivity contribution in [2.75, 3.05) is 32.8 Å². The molecule has 0 aliphatic carbocycles. The van der Waals surface area contributed by atoms with E-state index in [-0.39, 0.29) is 18.3 Å². The Hall–Kier alpha value is -0.680. The quantitative estimate of drug-likeness (QED) is 0.799. The van der Waals surface area contributed by atoms with Crippen LogP contribution in [0.2, 0.25) is 10.0 Å². The van der Waals surface area contributed by atoms with E-state index >= 15 is 0 Å². The molecule has 2 aliphatic heterocycles. The summed E-state index contributed by atoms with van der Waals surface area (Å²) in [7, 11) is 0. The van der Waals surface area contributed by atoms with Gasteiger partial charge in [-0.2, -0.15) is 0 Å². The average Bonchev–Trinajstić information content (AvgIpc) is 3.06. The number of rotatable bonds is 5. The van der Waals surface area contributed by atoms with Gasteiger partial charge in [-0.1, -0.05) is 23.2 Å². The third kappa shape index (κ3) is 4.66. The molecule has 0 radical (unpaired) electrons. The fourth-order valence-electron chi connectivity index (χ4n) is 3.21. The number of carbonyl (C=O) groups excluding carboxylic acids is 1. The summed E-state index contributed by atoms with van der Waals surface area (Å²) in [6, 6.07) is 5.15. The van der Waals surface area contributed by atoms with Gasteiger partial charge in [0.15, 0.2) is 0 Å². The van der Waals surface area contributed by atoms with Gasteiger partial charge in [0.1, 0.15) is 5.75 Å². The maximum atomic E-state index is 12.2. The van der Waals surface area contributed by atoms with Crippen LogP contribution in [-0.2, 0) is 4.79 Å². The molecule has 0 spiro atoms. The number of hydrogen-bond acceptors (Lipinski definition) is 3. The zero-order chi connectivity index (χ0) is 15.5. The Morgan fingerprint density at radius 3 is 2.61 bits per heavy atom. The smallest absolute Gasteiger partial charge is 0.222 e. The van der Waals surface area contributed by atoms with Gasteiger partial charge >= 0.3 is 0 Å². The minimum Gasteiger partial charge on any atom is -0.492 e. The SMILES string of the molecule is Cl.O=C(CCCOc1ccc(Cl)cc1Cl)N1C[C@H]2CNC[C@H]2C1. The molecule has 1 aromatic rings. The molecule has 0 aromatic heterocycles. The lowest BCUT2D eigenvalue weighted by molar-refractivity contribution is -0.130. The predicted molar refractivity (Wildman–Crippen MR) is 94.9 cm³/mol. The van der Waals surface area contributed by atoms with E-state index in [0.29, 0.717) is 47.1 Å². The molecule has 1 N–H and O–H groups in total. The van der Waals surface area contributed by atoms with Crippen LogP contribution in [0.5, 0.6) is 5.75 Å². The first-order chi connectivity index (χ1) is 10.6. The third-order valence-corrected chi connectivity index (χ3v) is 4.96. The number of hydrogen-bond donors (Lipinski definition) is 1. The zero-order valence-electron chi connectivity index (χ0n) is 12.8. The molecular formula is C16H21Cl3N2O2. The number of fused-ring (bicyclic) bond motifs is 1. The molecule has 7 heteroatoms. The lowest BCUT2D eigenvalue weighted by Gasteiger charge is -2.17. The average molecular weight is 380 g/mol. The molecule has 2 aliphatic rings. The Morgan fingerprint density at radius 2 is 1.96 bits per heavy atom. The van der Waals surface area contributed by atoms with E-state index in [2.05, 4.69) is 5.32 Å². The topological polar surface area (TPSA) is 41.6 Å². The minimum absolute atomic E-state index is 0. The number of likely N-dealkylation sites (tertiary alicyclic amines) is 1. The van der Waals surface area contributed by atoms with E-state index in [1.54, 1.807) is 18.2 Å². The fraction of sp³-hybridized carbons (Fsp3) is 0.562. The van der Waals surface area contributed by atoms with Crippen LogP contribution in [0.25, 0.3) is 0 Å². The Labute approximate surface area is 152 Å². The number of halogens is 3. The van der Waals surface area contributed by atoms with Crippen molar-refractivity contribution in [2.24, 2.45) is 11.8 Å². The normalized spacial score (nSPS) is 22.6. The Balaban J connectivity index is 0.00000192. The van der Waals surface area contributed by atoms with Crippen molar-refractivity contribution >= 4 is 41.5 Å². The molecule has 2 heterocycles. The maximum absolute atomic E-state index is 12.2. The highest BCUT2D eigenvalue weighted by atomic mass is 35.5. The zero-order valence-corrected chi connectivity index (χ0v) is 15.1. The number of nitrogens with one attached hydrogen (secondary N) is 1.